The Morgan fingerprint density at radius 1 is 1.47 bits per heavy atom. The molecule has 0 aromatic heterocycles. The molecule has 0 saturated carbocycles. The molecule has 3 heteroatoms. The summed E-state index contributed by atoms with van der Waals surface area (Å²) < 4.78 is 5.99. The summed E-state index contributed by atoms with van der Waals surface area (Å²) in [5.41, 5.74) is 2.10. The van der Waals surface area contributed by atoms with E-state index >= 15 is 0 Å². The molecule has 1 heterocycles. The number of nitrogens with zero attached hydrogens (tertiary/aromatic N) is 2. The lowest BCUT2D eigenvalue weighted by atomic mass is 10.0. The van der Waals surface area contributed by atoms with Gasteiger partial charge in [0.15, 0.2) is 0 Å². The smallest absolute Gasteiger partial charge is 0.143 e. The molecule has 0 bridgehead atoms. The van der Waals surface area contributed by atoms with E-state index in [1.54, 1.807) is 0 Å². The van der Waals surface area contributed by atoms with Crippen LogP contribution in [0.3, 0.4) is 0 Å². The van der Waals surface area contributed by atoms with Crippen LogP contribution in [0.1, 0.15) is 25.8 Å². The highest BCUT2D eigenvalue weighted by molar-refractivity contribution is 5.61. The minimum atomic E-state index is -0.198. The molecule has 1 aromatic carbocycles. The van der Waals surface area contributed by atoms with Crippen LogP contribution in [0.4, 0.5) is 5.69 Å². The van der Waals surface area contributed by atoms with E-state index in [1.807, 2.05) is 0 Å². The van der Waals surface area contributed by atoms with Gasteiger partial charge in [-0.2, -0.15) is 5.26 Å². The second-order valence-electron chi connectivity index (χ2n) is 5.16. The Balaban J connectivity index is 2.34. The second kappa shape index (κ2) is 4.29. The Morgan fingerprint density at radius 3 is 2.94 bits per heavy atom. The van der Waals surface area contributed by atoms with E-state index in [0.717, 1.165) is 24.5 Å². The van der Waals surface area contributed by atoms with Gasteiger partial charge in [-0.05, 0) is 38.5 Å². The molecule has 0 unspecified atom stereocenters. The van der Waals surface area contributed by atoms with Gasteiger partial charge in [0.2, 0.25) is 0 Å². The third kappa shape index (κ3) is 2.52. The van der Waals surface area contributed by atoms with Crippen LogP contribution in [0.2, 0.25) is 0 Å². The first-order chi connectivity index (χ1) is 8.02. The van der Waals surface area contributed by atoms with E-state index in [9.17, 15) is 0 Å². The number of benzene rings is 1. The summed E-state index contributed by atoms with van der Waals surface area (Å²) in [5.74, 6) is 0.930. The van der Waals surface area contributed by atoms with Crippen LogP contribution >= 0.6 is 0 Å². The van der Waals surface area contributed by atoms with E-state index in [0.29, 0.717) is 6.42 Å². The summed E-state index contributed by atoms with van der Waals surface area (Å²) in [6, 6.07) is 8.43. The number of anilines is 1. The molecule has 0 aliphatic carbocycles. The first kappa shape index (κ1) is 11.8. The van der Waals surface area contributed by atoms with Crippen molar-refractivity contribution in [3.63, 3.8) is 0 Å². The second-order valence-corrected chi connectivity index (χ2v) is 5.16. The van der Waals surface area contributed by atoms with Gasteiger partial charge in [0.25, 0.3) is 0 Å². The van der Waals surface area contributed by atoms with Gasteiger partial charge in [0, 0.05) is 6.54 Å². The fraction of sp³-hybridized carbons (Fsp3) is 0.500. The topological polar surface area (TPSA) is 36.3 Å². The average molecular weight is 230 g/mol. The van der Waals surface area contributed by atoms with Gasteiger partial charge in [-0.1, -0.05) is 6.07 Å². The molecule has 1 aliphatic rings. The van der Waals surface area contributed by atoms with Crippen LogP contribution in [0.25, 0.3) is 0 Å². The van der Waals surface area contributed by atoms with Gasteiger partial charge >= 0.3 is 0 Å². The molecule has 0 N–H and O–H groups in total. The fourth-order valence-corrected chi connectivity index (χ4v) is 2.22. The van der Waals surface area contributed by atoms with Crippen molar-refractivity contribution in [3.8, 4) is 11.8 Å². The van der Waals surface area contributed by atoms with E-state index in [2.05, 4.69) is 49.9 Å². The van der Waals surface area contributed by atoms with Gasteiger partial charge in [-0.3, -0.25) is 0 Å². The van der Waals surface area contributed by atoms with Crippen molar-refractivity contribution in [2.75, 3.05) is 18.0 Å². The minimum absolute atomic E-state index is 0.198. The Kier molecular flexibility index (Phi) is 2.97. The monoisotopic (exact) mass is 230 g/mol. The highest BCUT2D eigenvalue weighted by atomic mass is 16.5. The van der Waals surface area contributed by atoms with Crippen LogP contribution in [0, 0.1) is 18.3 Å². The number of fused-ring (bicyclic) bond motifs is 1. The standard InChI is InChI=1S/C14H18N2O/c1-11-5-6-12-13(9-11)17-14(2,3)10-16(12)8-4-7-15/h5-6,9H,4,8,10H2,1-3H3. The average Bonchev–Trinajstić information content (AvgIpc) is 2.23. The zero-order valence-corrected chi connectivity index (χ0v) is 10.7. The highest BCUT2D eigenvalue weighted by Crippen LogP contribution is 2.37. The summed E-state index contributed by atoms with van der Waals surface area (Å²) in [7, 11) is 0. The normalized spacial score (nSPS) is 16.9. The lowest BCUT2D eigenvalue weighted by Gasteiger charge is -2.40. The summed E-state index contributed by atoms with van der Waals surface area (Å²) in [5, 5.41) is 8.71. The summed E-state index contributed by atoms with van der Waals surface area (Å²) >= 11 is 0. The Labute approximate surface area is 103 Å². The fourth-order valence-electron chi connectivity index (χ4n) is 2.22. The molecule has 1 aromatic rings. The third-order valence-corrected chi connectivity index (χ3v) is 2.91. The molecular weight excluding hydrogens is 212 g/mol. The predicted octanol–water partition coefficient (Wildman–Crippen LogP) is 2.89. The molecule has 0 fully saturated rings. The Hall–Kier alpha value is -1.69. The van der Waals surface area contributed by atoms with Gasteiger partial charge < -0.3 is 9.64 Å². The molecule has 0 spiro atoms. The van der Waals surface area contributed by atoms with Crippen molar-refractivity contribution in [1.29, 1.82) is 5.26 Å². The molecule has 3 nitrogen and oxygen atoms in total. The van der Waals surface area contributed by atoms with Crippen molar-refractivity contribution < 1.29 is 4.74 Å². The quantitative estimate of drug-likeness (QED) is 0.783. The van der Waals surface area contributed by atoms with Crippen molar-refractivity contribution in [1.82, 2.24) is 0 Å². The van der Waals surface area contributed by atoms with E-state index in [4.69, 9.17) is 10.00 Å². The molecule has 90 valence electrons. The van der Waals surface area contributed by atoms with Crippen LogP contribution in [-0.2, 0) is 0 Å². The summed E-state index contributed by atoms with van der Waals surface area (Å²) in [6.45, 7) is 7.81. The largest absolute Gasteiger partial charge is 0.484 e. The number of nitriles is 1. The van der Waals surface area contributed by atoms with E-state index in [1.165, 1.54) is 5.56 Å². The summed E-state index contributed by atoms with van der Waals surface area (Å²) in [6.07, 6.45) is 0.545. The van der Waals surface area contributed by atoms with Crippen molar-refractivity contribution >= 4 is 5.69 Å². The van der Waals surface area contributed by atoms with Crippen LogP contribution in [0.15, 0.2) is 18.2 Å². The maximum Gasteiger partial charge on any atom is 0.143 e. The van der Waals surface area contributed by atoms with Gasteiger partial charge in [0.1, 0.15) is 11.4 Å². The van der Waals surface area contributed by atoms with Crippen molar-refractivity contribution in [3.05, 3.63) is 23.8 Å². The van der Waals surface area contributed by atoms with E-state index < -0.39 is 0 Å². The molecular formula is C14H18N2O. The number of hydrogen-bond donors (Lipinski definition) is 0. The van der Waals surface area contributed by atoms with Crippen LogP contribution in [-0.4, -0.2) is 18.7 Å². The SMILES string of the molecule is Cc1ccc2c(c1)OC(C)(C)CN2CCC#N. The third-order valence-electron chi connectivity index (χ3n) is 2.91. The molecule has 1 aliphatic heterocycles. The number of ether oxygens (including phenoxy) is 1. The number of rotatable bonds is 2. The van der Waals surface area contributed by atoms with Crippen LogP contribution in [0.5, 0.6) is 5.75 Å². The first-order valence-electron chi connectivity index (χ1n) is 5.93. The number of aryl methyl sites for hydroxylation is 1. The summed E-state index contributed by atoms with van der Waals surface area (Å²) in [4.78, 5) is 2.24. The van der Waals surface area contributed by atoms with Crippen LogP contribution < -0.4 is 9.64 Å². The Bertz CT molecular complexity index is 460. The first-order valence-corrected chi connectivity index (χ1v) is 5.93. The molecule has 17 heavy (non-hydrogen) atoms. The molecule has 0 amide bonds. The van der Waals surface area contributed by atoms with Crippen molar-refractivity contribution in [2.45, 2.75) is 32.8 Å². The zero-order chi connectivity index (χ0) is 12.5. The maximum absolute atomic E-state index is 8.71. The van der Waals surface area contributed by atoms with E-state index in [-0.39, 0.29) is 5.60 Å². The molecule has 0 saturated heterocycles. The van der Waals surface area contributed by atoms with Gasteiger partial charge in [-0.15, -0.1) is 0 Å². The minimum Gasteiger partial charge on any atom is -0.484 e. The molecule has 0 radical (unpaired) electrons. The maximum atomic E-state index is 8.71. The van der Waals surface area contributed by atoms with Gasteiger partial charge in [-0.25, -0.2) is 0 Å². The number of hydrogen-bond acceptors (Lipinski definition) is 3. The molecule has 0 atom stereocenters. The Morgan fingerprint density at radius 2 is 2.24 bits per heavy atom. The molecule has 2 rings (SSSR count). The predicted molar refractivity (Wildman–Crippen MR) is 68.3 cm³/mol. The highest BCUT2D eigenvalue weighted by Gasteiger charge is 2.31. The lowest BCUT2D eigenvalue weighted by Crippen LogP contribution is -2.47. The van der Waals surface area contributed by atoms with Crippen molar-refractivity contribution in [2.24, 2.45) is 0 Å². The lowest BCUT2D eigenvalue weighted by molar-refractivity contribution is 0.105. The zero-order valence-electron chi connectivity index (χ0n) is 10.7. The van der Waals surface area contributed by atoms with Gasteiger partial charge in [0.05, 0.1) is 24.7 Å².